The number of nitrogens with two attached hydrogens (primary N) is 1. The molecule has 2 aliphatic rings. The quantitative estimate of drug-likeness (QED) is 0.425. The van der Waals surface area contributed by atoms with Crippen LogP contribution in [0.2, 0.25) is 0 Å². The summed E-state index contributed by atoms with van der Waals surface area (Å²) in [6.45, 7) is 3.71. The normalized spacial score (nSPS) is 16.2. The van der Waals surface area contributed by atoms with Crippen molar-refractivity contribution >= 4 is 11.4 Å². The number of nitrogens with zero attached hydrogens (tertiary/aromatic N) is 3. The summed E-state index contributed by atoms with van der Waals surface area (Å²) in [5.41, 5.74) is 8.25. The molecule has 0 bridgehead atoms. The number of hydrogen-bond donors (Lipinski definition) is 1. The van der Waals surface area contributed by atoms with Crippen LogP contribution < -0.4 is 15.2 Å². The number of benzene rings is 2. The summed E-state index contributed by atoms with van der Waals surface area (Å²) in [5, 5.41) is 10.7. The minimum Gasteiger partial charge on any atom is -0.492 e. The average Bonchev–Trinajstić information content (AvgIpc) is 3.09. The molecule has 2 heterocycles. The van der Waals surface area contributed by atoms with Crippen LogP contribution in [-0.4, -0.2) is 67.5 Å². The second kappa shape index (κ2) is 11.6. The Morgan fingerprint density at radius 3 is 1.97 bits per heavy atom. The maximum atomic E-state index is 12.3. The highest BCUT2D eigenvalue weighted by atomic mass is 19.1. The Morgan fingerprint density at radius 1 is 0.906 bits per heavy atom. The van der Waals surface area contributed by atoms with Gasteiger partial charge in [0, 0.05) is 68.2 Å². The number of alkyl halides is 2. The van der Waals surface area contributed by atoms with Gasteiger partial charge < -0.3 is 15.2 Å². The molecule has 10 heteroatoms. The molecular formula is C22H28F2N4O4. The van der Waals surface area contributed by atoms with E-state index < -0.39 is 11.6 Å². The van der Waals surface area contributed by atoms with Crippen LogP contribution in [0, 0.1) is 10.1 Å². The number of nitro groups is 1. The van der Waals surface area contributed by atoms with Gasteiger partial charge in [-0.1, -0.05) is 0 Å². The third kappa shape index (κ3) is 6.51. The molecule has 0 fully saturated rings. The second-order valence-corrected chi connectivity index (χ2v) is 7.54. The number of rotatable bonds is 5. The predicted molar refractivity (Wildman–Crippen MR) is 117 cm³/mol. The fraction of sp³-hybridized carbons (Fsp3) is 0.455. The summed E-state index contributed by atoms with van der Waals surface area (Å²) in [4.78, 5) is 14.1. The molecule has 0 saturated carbocycles. The van der Waals surface area contributed by atoms with Crippen LogP contribution in [0.25, 0.3) is 0 Å². The van der Waals surface area contributed by atoms with E-state index in [1.807, 2.05) is 28.0 Å². The number of ether oxygens (including phenoxy) is 2. The molecule has 0 unspecified atom stereocenters. The molecule has 2 N–H and O–H groups in total. The molecule has 2 aromatic carbocycles. The Morgan fingerprint density at radius 2 is 1.44 bits per heavy atom. The van der Waals surface area contributed by atoms with E-state index in [4.69, 9.17) is 15.2 Å². The van der Waals surface area contributed by atoms with Crippen molar-refractivity contribution in [3.8, 4) is 11.5 Å². The first kappa shape index (κ1) is 23.7. The van der Waals surface area contributed by atoms with Gasteiger partial charge in [0.05, 0.1) is 4.92 Å². The minimum atomic E-state index is -0.440. The number of hydrogen-bond acceptors (Lipinski definition) is 7. The van der Waals surface area contributed by atoms with Crippen molar-refractivity contribution in [2.24, 2.45) is 0 Å². The van der Waals surface area contributed by atoms with Crippen molar-refractivity contribution < 1.29 is 23.2 Å². The first-order chi connectivity index (χ1) is 15.5. The van der Waals surface area contributed by atoms with Crippen molar-refractivity contribution in [1.29, 1.82) is 0 Å². The summed E-state index contributed by atoms with van der Waals surface area (Å²) >= 11 is 0. The molecule has 0 spiro atoms. The molecule has 32 heavy (non-hydrogen) atoms. The lowest BCUT2D eigenvalue weighted by molar-refractivity contribution is -0.384. The smallest absolute Gasteiger partial charge is 0.270 e. The first-order valence-electron chi connectivity index (χ1n) is 10.5. The highest BCUT2D eigenvalue weighted by Gasteiger charge is 2.18. The van der Waals surface area contributed by atoms with Gasteiger partial charge in [0.25, 0.3) is 5.69 Å². The summed E-state index contributed by atoms with van der Waals surface area (Å²) in [5.74, 6) is 1.52. The Kier molecular flexibility index (Phi) is 8.57. The monoisotopic (exact) mass is 450 g/mol. The molecule has 2 aliphatic heterocycles. The summed E-state index contributed by atoms with van der Waals surface area (Å²) in [7, 11) is 0. The van der Waals surface area contributed by atoms with Crippen molar-refractivity contribution in [3.05, 3.63) is 57.6 Å². The number of anilines is 1. The standard InChI is InChI=1S/C11H13FN2O3.C11H15FN2O/c12-3-4-13-5-6-17-11-2-1-10(14(15)16)7-9(11)8-13;12-3-4-14-5-6-15-11-2-1-10(13)7-9(11)8-14/h1-2,7H,3-6,8H2;1-2,7H,3-6,8,13H2. The topological polar surface area (TPSA) is 94.1 Å². The van der Waals surface area contributed by atoms with E-state index in [9.17, 15) is 18.9 Å². The third-order valence-corrected chi connectivity index (χ3v) is 5.26. The van der Waals surface area contributed by atoms with Crippen LogP contribution in [0.5, 0.6) is 11.5 Å². The third-order valence-electron chi connectivity index (χ3n) is 5.26. The maximum absolute atomic E-state index is 12.3. The zero-order valence-electron chi connectivity index (χ0n) is 17.8. The molecule has 4 rings (SSSR count). The molecule has 2 aromatic rings. The summed E-state index contributed by atoms with van der Waals surface area (Å²) in [6.07, 6.45) is 0. The van der Waals surface area contributed by atoms with Crippen LogP contribution in [0.3, 0.4) is 0 Å². The van der Waals surface area contributed by atoms with Crippen LogP contribution in [0.1, 0.15) is 11.1 Å². The highest BCUT2D eigenvalue weighted by Crippen LogP contribution is 2.27. The molecule has 0 saturated heterocycles. The Hall–Kier alpha value is -2.98. The fourth-order valence-corrected chi connectivity index (χ4v) is 3.64. The Balaban J connectivity index is 0.000000182. The van der Waals surface area contributed by atoms with Crippen LogP contribution in [0.4, 0.5) is 20.2 Å². The van der Waals surface area contributed by atoms with Gasteiger partial charge in [0.15, 0.2) is 0 Å². The van der Waals surface area contributed by atoms with E-state index in [2.05, 4.69) is 0 Å². The fourth-order valence-electron chi connectivity index (χ4n) is 3.64. The Bertz CT molecular complexity index is 915. The van der Waals surface area contributed by atoms with Gasteiger partial charge >= 0.3 is 0 Å². The van der Waals surface area contributed by atoms with Crippen LogP contribution in [-0.2, 0) is 13.1 Å². The zero-order valence-corrected chi connectivity index (χ0v) is 17.8. The molecule has 0 aliphatic carbocycles. The van der Waals surface area contributed by atoms with Gasteiger partial charge in [0.1, 0.15) is 38.1 Å². The zero-order chi connectivity index (χ0) is 22.9. The van der Waals surface area contributed by atoms with Gasteiger partial charge in [-0.05, 0) is 24.3 Å². The lowest BCUT2D eigenvalue weighted by Gasteiger charge is -2.16. The average molecular weight is 450 g/mol. The van der Waals surface area contributed by atoms with E-state index in [0.717, 1.165) is 29.1 Å². The van der Waals surface area contributed by atoms with Crippen molar-refractivity contribution in [2.75, 3.05) is 58.5 Å². The van der Waals surface area contributed by atoms with Gasteiger partial charge in [-0.25, -0.2) is 8.78 Å². The second-order valence-electron chi connectivity index (χ2n) is 7.54. The molecule has 0 radical (unpaired) electrons. The largest absolute Gasteiger partial charge is 0.492 e. The predicted octanol–water partition coefficient (Wildman–Crippen LogP) is 3.19. The summed E-state index contributed by atoms with van der Waals surface area (Å²) in [6, 6.07) is 10.1. The molecule has 8 nitrogen and oxygen atoms in total. The Labute approximate surface area is 185 Å². The van der Waals surface area contributed by atoms with Crippen molar-refractivity contribution in [1.82, 2.24) is 9.80 Å². The molecule has 0 atom stereocenters. The highest BCUT2D eigenvalue weighted by molar-refractivity contribution is 5.48. The van der Waals surface area contributed by atoms with E-state index in [1.54, 1.807) is 6.07 Å². The van der Waals surface area contributed by atoms with E-state index in [-0.39, 0.29) is 12.4 Å². The van der Waals surface area contributed by atoms with E-state index in [0.29, 0.717) is 51.7 Å². The van der Waals surface area contributed by atoms with Gasteiger partial charge in [-0.2, -0.15) is 0 Å². The SMILES string of the molecule is Nc1ccc2c(c1)CN(CCF)CCO2.O=[N+]([O-])c1ccc2c(c1)CN(CCF)CCO2. The van der Waals surface area contributed by atoms with Crippen LogP contribution in [0.15, 0.2) is 36.4 Å². The lowest BCUT2D eigenvalue weighted by atomic mass is 10.1. The number of nitrogen functional groups attached to an aromatic ring is 1. The molecular weight excluding hydrogens is 422 g/mol. The first-order valence-corrected chi connectivity index (χ1v) is 10.5. The van der Waals surface area contributed by atoms with E-state index >= 15 is 0 Å². The molecule has 174 valence electrons. The van der Waals surface area contributed by atoms with Gasteiger partial charge in [-0.15, -0.1) is 0 Å². The van der Waals surface area contributed by atoms with Gasteiger partial charge in [0.2, 0.25) is 0 Å². The number of non-ortho nitro benzene ring substituents is 1. The van der Waals surface area contributed by atoms with E-state index in [1.165, 1.54) is 12.1 Å². The van der Waals surface area contributed by atoms with Crippen molar-refractivity contribution in [2.45, 2.75) is 13.1 Å². The molecule has 0 amide bonds. The maximum Gasteiger partial charge on any atom is 0.270 e. The van der Waals surface area contributed by atoms with Crippen LogP contribution >= 0.6 is 0 Å². The number of fused-ring (bicyclic) bond motifs is 2. The van der Waals surface area contributed by atoms with Crippen molar-refractivity contribution in [3.63, 3.8) is 0 Å². The lowest BCUT2D eigenvalue weighted by Crippen LogP contribution is -2.27. The summed E-state index contributed by atoms with van der Waals surface area (Å²) < 4.78 is 35.6. The van der Waals surface area contributed by atoms with Gasteiger partial charge in [-0.3, -0.25) is 19.9 Å². The number of nitro benzene ring substituents is 1. The number of halogens is 2. The minimum absolute atomic E-state index is 0.0365. The molecule has 0 aromatic heterocycles.